The molecule has 0 amide bonds. The molecule has 1 fully saturated rings. The van der Waals surface area contributed by atoms with Crippen molar-refractivity contribution in [2.75, 3.05) is 6.54 Å². The Morgan fingerprint density at radius 3 is 3.00 bits per heavy atom. The van der Waals surface area contributed by atoms with Gasteiger partial charge in [-0.15, -0.1) is 0 Å². The monoisotopic (exact) mass is 219 g/mol. The van der Waals surface area contributed by atoms with E-state index < -0.39 is 0 Å². The Hall–Kier alpha value is -0.830. The summed E-state index contributed by atoms with van der Waals surface area (Å²) in [7, 11) is 0. The van der Waals surface area contributed by atoms with Crippen LogP contribution in [0.1, 0.15) is 55.6 Å². The number of piperidine rings is 1. The average Bonchev–Trinajstić information content (AvgIpc) is 2.91. The molecule has 0 radical (unpaired) electrons. The van der Waals surface area contributed by atoms with Crippen molar-refractivity contribution >= 4 is 0 Å². The first-order valence-electron chi connectivity index (χ1n) is 6.72. The molecule has 0 aromatic carbocycles. The lowest BCUT2D eigenvalue weighted by Gasteiger charge is -2.22. The molecule has 1 atom stereocenters. The summed E-state index contributed by atoms with van der Waals surface area (Å²) in [6.07, 6.45) is 7.77. The van der Waals surface area contributed by atoms with Crippen molar-refractivity contribution in [3.8, 4) is 0 Å². The first-order chi connectivity index (χ1) is 7.90. The van der Waals surface area contributed by atoms with Crippen molar-refractivity contribution in [3.05, 3.63) is 17.0 Å². The Labute approximate surface area is 97.2 Å². The number of fused-ring (bicyclic) bond motifs is 1. The minimum atomic E-state index is 0.536. The Bertz CT molecular complexity index is 375. The van der Waals surface area contributed by atoms with Crippen LogP contribution in [0.3, 0.4) is 0 Å². The number of aromatic nitrogens is 2. The van der Waals surface area contributed by atoms with Gasteiger partial charge in [0.05, 0.1) is 11.7 Å². The van der Waals surface area contributed by atoms with Gasteiger partial charge in [-0.05, 0) is 51.1 Å². The molecule has 1 aromatic rings. The van der Waals surface area contributed by atoms with Gasteiger partial charge < -0.3 is 5.32 Å². The lowest BCUT2D eigenvalue weighted by Crippen LogP contribution is -2.27. The van der Waals surface area contributed by atoms with E-state index in [0.717, 1.165) is 6.54 Å². The molecular weight excluding hydrogens is 198 g/mol. The second kappa shape index (κ2) is 4.21. The SMILES string of the molecule is CCn1nc([C@@H]2CCCCN2)c2c1CCC2. The highest BCUT2D eigenvalue weighted by molar-refractivity contribution is 5.33. The highest BCUT2D eigenvalue weighted by atomic mass is 15.3. The van der Waals surface area contributed by atoms with Gasteiger partial charge in [-0.25, -0.2) is 0 Å². The highest BCUT2D eigenvalue weighted by Crippen LogP contribution is 2.32. The molecule has 0 unspecified atom stereocenters. The molecule has 1 aliphatic carbocycles. The predicted molar refractivity (Wildman–Crippen MR) is 64.5 cm³/mol. The van der Waals surface area contributed by atoms with Crippen molar-refractivity contribution in [3.63, 3.8) is 0 Å². The summed E-state index contributed by atoms with van der Waals surface area (Å²) in [6, 6.07) is 0.536. The van der Waals surface area contributed by atoms with E-state index in [9.17, 15) is 0 Å². The molecule has 88 valence electrons. The summed E-state index contributed by atoms with van der Waals surface area (Å²) >= 11 is 0. The normalized spacial score (nSPS) is 24.7. The summed E-state index contributed by atoms with van der Waals surface area (Å²) in [5.74, 6) is 0. The van der Waals surface area contributed by atoms with E-state index in [4.69, 9.17) is 5.10 Å². The number of nitrogens with one attached hydrogen (secondary N) is 1. The molecular formula is C13H21N3. The number of aryl methyl sites for hydroxylation is 1. The maximum atomic E-state index is 4.83. The number of hydrogen-bond donors (Lipinski definition) is 1. The largest absolute Gasteiger partial charge is 0.309 e. The topological polar surface area (TPSA) is 29.9 Å². The third kappa shape index (κ3) is 1.58. The summed E-state index contributed by atoms with van der Waals surface area (Å²) in [4.78, 5) is 0. The number of hydrogen-bond acceptors (Lipinski definition) is 2. The lowest BCUT2D eigenvalue weighted by atomic mass is 9.99. The third-order valence-corrected chi connectivity index (χ3v) is 3.98. The zero-order chi connectivity index (χ0) is 11.0. The fourth-order valence-corrected chi connectivity index (χ4v) is 3.17. The van der Waals surface area contributed by atoms with Crippen molar-refractivity contribution in [1.82, 2.24) is 15.1 Å². The van der Waals surface area contributed by atoms with Crippen LogP contribution in [0.5, 0.6) is 0 Å². The highest BCUT2D eigenvalue weighted by Gasteiger charge is 2.27. The van der Waals surface area contributed by atoms with Crippen molar-refractivity contribution in [2.24, 2.45) is 0 Å². The van der Waals surface area contributed by atoms with Crippen molar-refractivity contribution < 1.29 is 0 Å². The van der Waals surface area contributed by atoms with Gasteiger partial charge in [0, 0.05) is 12.2 Å². The van der Waals surface area contributed by atoms with Crippen LogP contribution in [0.25, 0.3) is 0 Å². The second-order valence-corrected chi connectivity index (χ2v) is 4.98. The van der Waals surface area contributed by atoms with E-state index in [0.29, 0.717) is 6.04 Å². The fourth-order valence-electron chi connectivity index (χ4n) is 3.17. The molecule has 3 nitrogen and oxygen atoms in total. The first kappa shape index (κ1) is 10.3. The Balaban J connectivity index is 1.94. The van der Waals surface area contributed by atoms with Crippen LogP contribution in [-0.2, 0) is 19.4 Å². The molecule has 0 bridgehead atoms. The molecule has 3 rings (SSSR count). The summed E-state index contributed by atoms with van der Waals surface area (Å²) in [6.45, 7) is 4.39. The van der Waals surface area contributed by atoms with Crippen LogP contribution in [0.2, 0.25) is 0 Å². The molecule has 1 N–H and O–H groups in total. The van der Waals surface area contributed by atoms with Crippen LogP contribution in [-0.4, -0.2) is 16.3 Å². The van der Waals surface area contributed by atoms with Crippen LogP contribution in [0.15, 0.2) is 0 Å². The standard InChI is InChI=1S/C13H21N3/c1-2-16-12-8-5-6-10(12)13(15-16)11-7-3-4-9-14-11/h11,14H,2-9H2,1H3/t11-/m0/s1. The van der Waals surface area contributed by atoms with E-state index in [-0.39, 0.29) is 0 Å². The summed E-state index contributed by atoms with van der Waals surface area (Å²) in [5, 5.41) is 8.45. The molecule has 1 aromatic heterocycles. The molecule has 0 saturated carbocycles. The zero-order valence-corrected chi connectivity index (χ0v) is 10.1. The van der Waals surface area contributed by atoms with E-state index >= 15 is 0 Å². The molecule has 1 aliphatic heterocycles. The van der Waals surface area contributed by atoms with Crippen LogP contribution in [0, 0.1) is 0 Å². The molecule has 16 heavy (non-hydrogen) atoms. The summed E-state index contributed by atoms with van der Waals surface area (Å²) in [5.41, 5.74) is 4.46. The number of nitrogens with zero attached hydrogens (tertiary/aromatic N) is 2. The average molecular weight is 219 g/mol. The van der Waals surface area contributed by atoms with Gasteiger partial charge in [-0.3, -0.25) is 4.68 Å². The lowest BCUT2D eigenvalue weighted by molar-refractivity contribution is 0.399. The molecule has 2 heterocycles. The maximum absolute atomic E-state index is 4.83. The van der Waals surface area contributed by atoms with Gasteiger partial charge in [-0.2, -0.15) is 5.10 Å². The molecule has 0 spiro atoms. The molecule has 3 heteroatoms. The van der Waals surface area contributed by atoms with E-state index in [1.807, 2.05) is 0 Å². The Morgan fingerprint density at radius 2 is 2.25 bits per heavy atom. The third-order valence-electron chi connectivity index (χ3n) is 3.98. The van der Waals surface area contributed by atoms with Crippen molar-refractivity contribution in [2.45, 2.75) is 58.0 Å². The molecule has 1 saturated heterocycles. The van der Waals surface area contributed by atoms with E-state index in [2.05, 4.69) is 16.9 Å². The van der Waals surface area contributed by atoms with Crippen LogP contribution < -0.4 is 5.32 Å². The quantitative estimate of drug-likeness (QED) is 0.826. The van der Waals surface area contributed by atoms with Crippen LogP contribution in [0.4, 0.5) is 0 Å². The zero-order valence-electron chi connectivity index (χ0n) is 10.1. The minimum Gasteiger partial charge on any atom is -0.309 e. The van der Waals surface area contributed by atoms with Crippen molar-refractivity contribution in [1.29, 1.82) is 0 Å². The second-order valence-electron chi connectivity index (χ2n) is 4.98. The van der Waals surface area contributed by atoms with Gasteiger partial charge in [0.25, 0.3) is 0 Å². The number of rotatable bonds is 2. The smallest absolute Gasteiger partial charge is 0.0828 e. The Kier molecular flexibility index (Phi) is 2.72. The van der Waals surface area contributed by atoms with Crippen LogP contribution >= 0.6 is 0 Å². The van der Waals surface area contributed by atoms with Gasteiger partial charge >= 0.3 is 0 Å². The van der Waals surface area contributed by atoms with E-state index in [1.54, 1.807) is 5.56 Å². The van der Waals surface area contributed by atoms with Gasteiger partial charge in [0.15, 0.2) is 0 Å². The maximum Gasteiger partial charge on any atom is 0.0828 e. The first-order valence-corrected chi connectivity index (χ1v) is 6.72. The minimum absolute atomic E-state index is 0.536. The summed E-state index contributed by atoms with van der Waals surface area (Å²) < 4.78 is 2.23. The van der Waals surface area contributed by atoms with Gasteiger partial charge in [0.1, 0.15) is 0 Å². The molecule has 2 aliphatic rings. The fraction of sp³-hybridized carbons (Fsp3) is 0.769. The Morgan fingerprint density at radius 1 is 1.31 bits per heavy atom. The van der Waals surface area contributed by atoms with E-state index in [1.165, 1.54) is 56.5 Å². The van der Waals surface area contributed by atoms with Gasteiger partial charge in [-0.1, -0.05) is 6.42 Å². The van der Waals surface area contributed by atoms with Gasteiger partial charge in [0.2, 0.25) is 0 Å². The predicted octanol–water partition coefficient (Wildman–Crippen LogP) is 2.21.